The topological polar surface area (TPSA) is 77.1 Å². The molecule has 0 saturated heterocycles. The van der Waals surface area contributed by atoms with Gasteiger partial charge in [0.25, 0.3) is 5.91 Å². The number of hydrogen-bond acceptors (Lipinski definition) is 5. The van der Waals surface area contributed by atoms with Gasteiger partial charge in [0.2, 0.25) is 5.91 Å². The van der Waals surface area contributed by atoms with Gasteiger partial charge >= 0.3 is 0 Å². The highest BCUT2D eigenvalue weighted by Gasteiger charge is 2.13. The van der Waals surface area contributed by atoms with E-state index in [1.54, 1.807) is 30.2 Å². The summed E-state index contributed by atoms with van der Waals surface area (Å²) in [5.41, 5.74) is 1.42. The van der Waals surface area contributed by atoms with E-state index < -0.39 is 0 Å². The minimum Gasteiger partial charge on any atom is -0.497 e. The predicted molar refractivity (Wildman–Crippen MR) is 106 cm³/mol. The van der Waals surface area contributed by atoms with Gasteiger partial charge in [-0.2, -0.15) is 0 Å². The molecule has 0 radical (unpaired) electrons. The second-order valence-corrected chi connectivity index (χ2v) is 6.15. The molecule has 0 atom stereocenters. The van der Waals surface area contributed by atoms with E-state index in [0.717, 1.165) is 11.3 Å². The lowest BCUT2D eigenvalue weighted by Crippen LogP contribution is -2.37. The number of nitrogens with zero attached hydrogens (tertiary/aromatic N) is 1. The standard InChI is InChI=1S/C21H26N2O5/c1-15(24)23(14-16-5-7-18(26-2)8-6-16)10-9-22-21(25)17-11-19(27-3)13-20(12-17)28-4/h5-8,11-13H,9-10,14H2,1-4H3,(H,22,25). The molecule has 0 bridgehead atoms. The fraction of sp³-hybridized carbons (Fsp3) is 0.333. The molecule has 0 spiro atoms. The molecule has 28 heavy (non-hydrogen) atoms. The van der Waals surface area contributed by atoms with Crippen molar-refractivity contribution >= 4 is 11.8 Å². The van der Waals surface area contributed by atoms with Gasteiger partial charge in [-0.25, -0.2) is 0 Å². The van der Waals surface area contributed by atoms with Crippen molar-refractivity contribution < 1.29 is 23.8 Å². The number of methoxy groups -OCH3 is 3. The Morgan fingerprint density at radius 2 is 1.46 bits per heavy atom. The zero-order valence-electron chi connectivity index (χ0n) is 16.7. The first kappa shape index (κ1) is 21.1. The number of hydrogen-bond donors (Lipinski definition) is 1. The van der Waals surface area contributed by atoms with Crippen LogP contribution in [0.1, 0.15) is 22.8 Å². The van der Waals surface area contributed by atoms with Crippen LogP contribution in [0.2, 0.25) is 0 Å². The van der Waals surface area contributed by atoms with Crippen LogP contribution in [0.25, 0.3) is 0 Å². The lowest BCUT2D eigenvalue weighted by molar-refractivity contribution is -0.129. The number of carbonyl (C=O) groups is 2. The smallest absolute Gasteiger partial charge is 0.251 e. The Balaban J connectivity index is 1.94. The summed E-state index contributed by atoms with van der Waals surface area (Å²) in [4.78, 5) is 26.0. The zero-order valence-corrected chi connectivity index (χ0v) is 16.7. The molecule has 0 heterocycles. The Bertz CT molecular complexity index is 783. The van der Waals surface area contributed by atoms with Crippen LogP contribution in [0, 0.1) is 0 Å². The summed E-state index contributed by atoms with van der Waals surface area (Å²) >= 11 is 0. The van der Waals surface area contributed by atoms with Crippen LogP contribution >= 0.6 is 0 Å². The second-order valence-electron chi connectivity index (χ2n) is 6.15. The monoisotopic (exact) mass is 386 g/mol. The van der Waals surface area contributed by atoms with Crippen LogP contribution in [-0.4, -0.2) is 51.1 Å². The van der Waals surface area contributed by atoms with Crippen molar-refractivity contribution in [1.82, 2.24) is 10.2 Å². The number of carbonyl (C=O) groups excluding carboxylic acids is 2. The summed E-state index contributed by atoms with van der Waals surface area (Å²) in [5, 5.41) is 2.83. The number of amides is 2. The molecule has 0 aliphatic rings. The van der Waals surface area contributed by atoms with E-state index >= 15 is 0 Å². The average Bonchev–Trinajstić information content (AvgIpc) is 2.72. The van der Waals surface area contributed by atoms with Crippen molar-refractivity contribution in [2.75, 3.05) is 34.4 Å². The van der Waals surface area contributed by atoms with Crippen LogP contribution in [0.5, 0.6) is 17.2 Å². The summed E-state index contributed by atoms with van der Waals surface area (Å²) < 4.78 is 15.5. The highest BCUT2D eigenvalue weighted by atomic mass is 16.5. The number of benzene rings is 2. The fourth-order valence-electron chi connectivity index (χ4n) is 2.64. The molecular formula is C21H26N2O5. The van der Waals surface area contributed by atoms with Gasteiger partial charge < -0.3 is 24.4 Å². The van der Waals surface area contributed by atoms with Crippen molar-refractivity contribution in [2.24, 2.45) is 0 Å². The molecule has 7 heteroatoms. The third kappa shape index (κ3) is 5.90. The molecule has 2 rings (SSSR count). The highest BCUT2D eigenvalue weighted by Crippen LogP contribution is 2.22. The van der Waals surface area contributed by atoms with Gasteiger partial charge in [-0.15, -0.1) is 0 Å². The lowest BCUT2D eigenvalue weighted by Gasteiger charge is -2.21. The molecular weight excluding hydrogens is 360 g/mol. The molecule has 2 amide bonds. The molecule has 0 aliphatic carbocycles. The molecule has 0 aromatic heterocycles. The molecule has 0 aliphatic heterocycles. The first-order valence-electron chi connectivity index (χ1n) is 8.86. The van der Waals surface area contributed by atoms with Crippen LogP contribution in [0.4, 0.5) is 0 Å². The van der Waals surface area contributed by atoms with E-state index in [4.69, 9.17) is 14.2 Å². The molecule has 7 nitrogen and oxygen atoms in total. The first-order chi connectivity index (χ1) is 13.5. The normalized spacial score (nSPS) is 10.1. The molecule has 0 fully saturated rings. The maximum Gasteiger partial charge on any atom is 0.251 e. The van der Waals surface area contributed by atoms with Gasteiger partial charge in [-0.1, -0.05) is 12.1 Å². The van der Waals surface area contributed by atoms with E-state index in [0.29, 0.717) is 36.7 Å². The summed E-state index contributed by atoms with van der Waals surface area (Å²) in [7, 11) is 4.66. The minimum atomic E-state index is -0.259. The van der Waals surface area contributed by atoms with Crippen molar-refractivity contribution in [3.63, 3.8) is 0 Å². The molecule has 150 valence electrons. The summed E-state index contributed by atoms with van der Waals surface area (Å²) in [6.07, 6.45) is 0. The van der Waals surface area contributed by atoms with Gasteiger partial charge in [-0.05, 0) is 29.8 Å². The van der Waals surface area contributed by atoms with Crippen LogP contribution in [-0.2, 0) is 11.3 Å². The van der Waals surface area contributed by atoms with Crippen molar-refractivity contribution in [3.8, 4) is 17.2 Å². The van der Waals surface area contributed by atoms with Gasteiger partial charge in [0.05, 0.1) is 21.3 Å². The quantitative estimate of drug-likeness (QED) is 0.717. The summed E-state index contributed by atoms with van der Waals surface area (Å²) in [6, 6.07) is 12.5. The average molecular weight is 386 g/mol. The molecule has 0 saturated carbocycles. The van der Waals surface area contributed by atoms with Gasteiger partial charge in [0.1, 0.15) is 17.2 Å². The van der Waals surface area contributed by atoms with Gasteiger partial charge in [0.15, 0.2) is 0 Å². The van der Waals surface area contributed by atoms with E-state index in [-0.39, 0.29) is 11.8 Å². The third-order valence-electron chi connectivity index (χ3n) is 4.26. The first-order valence-corrected chi connectivity index (χ1v) is 8.86. The fourth-order valence-corrected chi connectivity index (χ4v) is 2.64. The molecule has 1 N–H and O–H groups in total. The molecule has 0 unspecified atom stereocenters. The van der Waals surface area contributed by atoms with E-state index in [1.165, 1.54) is 21.1 Å². The van der Waals surface area contributed by atoms with E-state index in [1.807, 2.05) is 24.3 Å². The number of ether oxygens (including phenoxy) is 3. The largest absolute Gasteiger partial charge is 0.497 e. The maximum absolute atomic E-state index is 12.4. The second kappa shape index (κ2) is 10.2. The molecule has 2 aromatic carbocycles. The number of rotatable bonds is 9. The third-order valence-corrected chi connectivity index (χ3v) is 4.26. The number of nitrogens with one attached hydrogen (secondary N) is 1. The Labute approximate surface area is 165 Å². The van der Waals surface area contributed by atoms with Crippen molar-refractivity contribution in [2.45, 2.75) is 13.5 Å². The van der Waals surface area contributed by atoms with Gasteiger partial charge in [-0.3, -0.25) is 9.59 Å². The lowest BCUT2D eigenvalue weighted by atomic mass is 10.2. The molecule has 2 aromatic rings. The van der Waals surface area contributed by atoms with Crippen LogP contribution < -0.4 is 19.5 Å². The highest BCUT2D eigenvalue weighted by molar-refractivity contribution is 5.95. The van der Waals surface area contributed by atoms with Crippen LogP contribution in [0.3, 0.4) is 0 Å². The van der Waals surface area contributed by atoms with E-state index in [2.05, 4.69) is 5.32 Å². The zero-order chi connectivity index (χ0) is 20.5. The predicted octanol–water partition coefficient (Wildman–Crippen LogP) is 2.49. The van der Waals surface area contributed by atoms with Gasteiger partial charge in [0, 0.05) is 38.2 Å². The summed E-state index contributed by atoms with van der Waals surface area (Å²) in [6.45, 7) is 2.70. The Kier molecular flexibility index (Phi) is 7.68. The summed E-state index contributed by atoms with van der Waals surface area (Å²) in [5.74, 6) is 1.51. The Morgan fingerprint density at radius 3 is 1.96 bits per heavy atom. The Hall–Kier alpha value is -3.22. The van der Waals surface area contributed by atoms with Crippen molar-refractivity contribution in [3.05, 3.63) is 53.6 Å². The SMILES string of the molecule is COc1ccc(CN(CCNC(=O)c2cc(OC)cc(OC)c2)C(C)=O)cc1. The minimum absolute atomic E-state index is 0.0619. The van der Waals surface area contributed by atoms with Crippen LogP contribution in [0.15, 0.2) is 42.5 Å². The van der Waals surface area contributed by atoms with Crippen molar-refractivity contribution in [1.29, 1.82) is 0 Å². The Morgan fingerprint density at radius 1 is 0.893 bits per heavy atom. The maximum atomic E-state index is 12.4. The van der Waals surface area contributed by atoms with E-state index in [9.17, 15) is 9.59 Å².